The van der Waals surface area contributed by atoms with Crippen molar-refractivity contribution < 1.29 is 14.6 Å². The van der Waals surface area contributed by atoms with Gasteiger partial charge >= 0.3 is 6.03 Å². The second kappa shape index (κ2) is 9.23. The van der Waals surface area contributed by atoms with E-state index >= 15 is 0 Å². The van der Waals surface area contributed by atoms with E-state index in [1.165, 1.54) is 0 Å². The number of benzene rings is 1. The fourth-order valence-electron chi connectivity index (χ4n) is 2.01. The van der Waals surface area contributed by atoms with Gasteiger partial charge in [-0.3, -0.25) is 0 Å². The Labute approximate surface area is 126 Å². The minimum absolute atomic E-state index is 0.224. The molecule has 0 aliphatic rings. The number of para-hydroxylation sites is 2. The summed E-state index contributed by atoms with van der Waals surface area (Å²) in [5.74, 6) is 0.897. The van der Waals surface area contributed by atoms with Crippen LogP contribution >= 0.6 is 0 Å². The number of hydrogen-bond donors (Lipinski definition) is 3. The van der Waals surface area contributed by atoms with Crippen LogP contribution in [0.25, 0.3) is 0 Å². The number of ether oxygens (including phenoxy) is 1. The molecule has 5 nitrogen and oxygen atoms in total. The maximum Gasteiger partial charge on any atom is 0.319 e. The van der Waals surface area contributed by atoms with Gasteiger partial charge in [0.25, 0.3) is 0 Å². The lowest BCUT2D eigenvalue weighted by atomic mass is 10.1. The van der Waals surface area contributed by atoms with Crippen LogP contribution in [0.2, 0.25) is 0 Å². The number of rotatable bonds is 8. The summed E-state index contributed by atoms with van der Waals surface area (Å²) in [6.07, 6.45) is 1.22. The Hall–Kier alpha value is -1.75. The number of nitrogens with one attached hydrogen (secondary N) is 2. The van der Waals surface area contributed by atoms with Gasteiger partial charge in [0.2, 0.25) is 0 Å². The third-order valence-corrected chi connectivity index (χ3v) is 2.95. The summed E-state index contributed by atoms with van der Waals surface area (Å²) in [5, 5.41) is 14.9. The largest absolute Gasteiger partial charge is 0.491 e. The molecule has 1 rings (SSSR count). The van der Waals surface area contributed by atoms with Gasteiger partial charge in [-0.25, -0.2) is 4.79 Å². The number of carbonyl (C=O) groups excluding carboxylic acids is 1. The van der Waals surface area contributed by atoms with Gasteiger partial charge in [-0.05, 0) is 37.8 Å². The van der Waals surface area contributed by atoms with Gasteiger partial charge in [-0.2, -0.15) is 0 Å². The first kappa shape index (κ1) is 17.3. The Kier molecular flexibility index (Phi) is 7.61. The lowest BCUT2D eigenvalue weighted by Crippen LogP contribution is -2.33. The third kappa shape index (κ3) is 6.99. The van der Waals surface area contributed by atoms with Crippen LogP contribution in [0.4, 0.5) is 10.5 Å². The minimum atomic E-state index is -0.354. The maximum absolute atomic E-state index is 11.9. The normalized spacial score (nSPS) is 13.3. The van der Waals surface area contributed by atoms with Crippen molar-refractivity contribution in [3.05, 3.63) is 24.3 Å². The smallest absolute Gasteiger partial charge is 0.319 e. The highest BCUT2D eigenvalue weighted by Crippen LogP contribution is 2.23. The Balaban J connectivity index is 2.47. The van der Waals surface area contributed by atoms with Crippen LogP contribution in [0.1, 0.15) is 33.6 Å². The first-order valence-corrected chi connectivity index (χ1v) is 7.47. The lowest BCUT2D eigenvalue weighted by molar-refractivity contribution is 0.163. The molecule has 3 N–H and O–H groups in total. The zero-order valence-electron chi connectivity index (χ0n) is 13.1. The van der Waals surface area contributed by atoms with E-state index in [9.17, 15) is 9.90 Å². The first-order valence-electron chi connectivity index (χ1n) is 7.47. The van der Waals surface area contributed by atoms with Crippen LogP contribution in [0.5, 0.6) is 5.75 Å². The number of aliphatic hydroxyl groups excluding tert-OH is 1. The summed E-state index contributed by atoms with van der Waals surface area (Å²) in [6, 6.07) is 7.11. The molecule has 0 saturated heterocycles. The van der Waals surface area contributed by atoms with Crippen molar-refractivity contribution in [3.8, 4) is 5.75 Å². The van der Waals surface area contributed by atoms with Crippen molar-refractivity contribution in [2.24, 2.45) is 5.92 Å². The average molecular weight is 294 g/mol. The number of carbonyl (C=O) groups is 1. The minimum Gasteiger partial charge on any atom is -0.491 e. The van der Waals surface area contributed by atoms with Crippen LogP contribution in [0, 0.1) is 5.92 Å². The van der Waals surface area contributed by atoms with Gasteiger partial charge in [0.1, 0.15) is 5.75 Å². The molecular weight excluding hydrogens is 268 g/mol. The molecule has 0 aromatic heterocycles. The van der Waals surface area contributed by atoms with Crippen molar-refractivity contribution in [1.82, 2.24) is 5.32 Å². The highest BCUT2D eigenvalue weighted by atomic mass is 16.5. The Morgan fingerprint density at radius 1 is 1.33 bits per heavy atom. The van der Waals surface area contributed by atoms with Crippen LogP contribution in [-0.4, -0.2) is 30.4 Å². The molecule has 0 bridgehead atoms. The molecule has 118 valence electrons. The topological polar surface area (TPSA) is 70.6 Å². The van der Waals surface area contributed by atoms with E-state index in [1.807, 2.05) is 38.1 Å². The number of amides is 2. The molecule has 0 radical (unpaired) electrons. The fourth-order valence-corrected chi connectivity index (χ4v) is 2.01. The van der Waals surface area contributed by atoms with E-state index in [0.717, 1.165) is 6.42 Å². The lowest BCUT2D eigenvalue weighted by Gasteiger charge is -2.16. The summed E-state index contributed by atoms with van der Waals surface area (Å²) >= 11 is 0. The molecule has 0 aliphatic heterocycles. The summed E-state index contributed by atoms with van der Waals surface area (Å²) in [7, 11) is 0. The molecule has 5 heteroatoms. The Morgan fingerprint density at radius 3 is 2.71 bits per heavy atom. The molecule has 0 aliphatic carbocycles. The number of aliphatic hydroxyl groups is 1. The highest BCUT2D eigenvalue weighted by Gasteiger charge is 2.10. The second-order valence-electron chi connectivity index (χ2n) is 5.37. The zero-order valence-corrected chi connectivity index (χ0v) is 13.1. The van der Waals surface area contributed by atoms with Crippen molar-refractivity contribution >= 4 is 11.7 Å². The standard InChI is InChI=1S/C16H26N2O3/c1-4-9-21-15-8-6-5-7-14(15)18-16(20)17-11-12(2)10-13(3)19/h5-8,12-13,19H,4,9-11H2,1-3H3,(H2,17,18,20). The monoisotopic (exact) mass is 294 g/mol. The van der Waals surface area contributed by atoms with Gasteiger partial charge < -0.3 is 20.5 Å². The molecule has 1 aromatic carbocycles. The van der Waals surface area contributed by atoms with Gasteiger partial charge in [0.05, 0.1) is 18.4 Å². The van der Waals surface area contributed by atoms with Crippen molar-refractivity contribution in [3.63, 3.8) is 0 Å². The molecule has 0 heterocycles. The average Bonchev–Trinajstić information content (AvgIpc) is 2.43. The van der Waals surface area contributed by atoms with E-state index < -0.39 is 0 Å². The molecule has 1 aromatic rings. The van der Waals surface area contributed by atoms with E-state index in [2.05, 4.69) is 10.6 Å². The number of urea groups is 1. The fraction of sp³-hybridized carbons (Fsp3) is 0.562. The van der Waals surface area contributed by atoms with E-state index in [4.69, 9.17) is 4.74 Å². The summed E-state index contributed by atoms with van der Waals surface area (Å²) < 4.78 is 5.59. The zero-order chi connectivity index (χ0) is 15.7. The van der Waals surface area contributed by atoms with Gasteiger partial charge in [-0.15, -0.1) is 0 Å². The van der Waals surface area contributed by atoms with Crippen LogP contribution < -0.4 is 15.4 Å². The molecule has 2 amide bonds. The summed E-state index contributed by atoms with van der Waals surface area (Å²) in [6.45, 7) is 6.91. The predicted molar refractivity (Wildman–Crippen MR) is 84.7 cm³/mol. The SMILES string of the molecule is CCCOc1ccccc1NC(=O)NCC(C)CC(C)O. The Morgan fingerprint density at radius 2 is 2.05 bits per heavy atom. The maximum atomic E-state index is 11.9. The number of anilines is 1. The van der Waals surface area contributed by atoms with Crippen molar-refractivity contribution in [2.45, 2.75) is 39.7 Å². The van der Waals surface area contributed by atoms with Crippen LogP contribution in [0.15, 0.2) is 24.3 Å². The molecule has 0 saturated carbocycles. The highest BCUT2D eigenvalue weighted by molar-refractivity contribution is 5.90. The third-order valence-electron chi connectivity index (χ3n) is 2.95. The summed E-state index contributed by atoms with van der Waals surface area (Å²) in [4.78, 5) is 11.9. The van der Waals surface area contributed by atoms with Gasteiger partial charge in [-0.1, -0.05) is 26.0 Å². The van der Waals surface area contributed by atoms with Gasteiger partial charge in [0, 0.05) is 6.54 Å². The summed E-state index contributed by atoms with van der Waals surface area (Å²) in [5.41, 5.74) is 0.659. The molecule has 2 unspecified atom stereocenters. The molecular formula is C16H26N2O3. The quantitative estimate of drug-likeness (QED) is 0.690. The van der Waals surface area contributed by atoms with Crippen molar-refractivity contribution in [1.29, 1.82) is 0 Å². The van der Waals surface area contributed by atoms with E-state index in [-0.39, 0.29) is 18.1 Å². The second-order valence-corrected chi connectivity index (χ2v) is 5.37. The van der Waals surface area contributed by atoms with Crippen LogP contribution in [0.3, 0.4) is 0 Å². The molecule has 2 atom stereocenters. The van der Waals surface area contributed by atoms with E-state index in [0.29, 0.717) is 31.0 Å². The molecule has 0 fully saturated rings. The van der Waals surface area contributed by atoms with E-state index in [1.54, 1.807) is 6.92 Å². The van der Waals surface area contributed by atoms with Gasteiger partial charge in [0.15, 0.2) is 0 Å². The molecule has 21 heavy (non-hydrogen) atoms. The Bertz CT molecular complexity index is 435. The van der Waals surface area contributed by atoms with Crippen LogP contribution in [-0.2, 0) is 0 Å². The molecule has 0 spiro atoms. The number of hydrogen-bond acceptors (Lipinski definition) is 3. The predicted octanol–water partition coefficient (Wildman–Crippen LogP) is 3.00. The van der Waals surface area contributed by atoms with Crippen molar-refractivity contribution in [2.75, 3.05) is 18.5 Å². The first-order chi connectivity index (χ1) is 10.0.